The van der Waals surface area contributed by atoms with Crippen molar-refractivity contribution in [3.8, 4) is 17.5 Å². The highest BCUT2D eigenvalue weighted by Crippen LogP contribution is 2.46. The van der Waals surface area contributed by atoms with Crippen molar-refractivity contribution in [1.29, 1.82) is 0 Å². The second-order valence-corrected chi connectivity index (χ2v) is 7.43. The smallest absolute Gasteiger partial charge is 0.331 e. The van der Waals surface area contributed by atoms with Gasteiger partial charge in [0, 0.05) is 23.7 Å². The van der Waals surface area contributed by atoms with Gasteiger partial charge in [0.2, 0.25) is 11.8 Å². The number of nitrogens with zero attached hydrogens (tertiary/aromatic N) is 2. The number of hydrogen-bond acceptors (Lipinski definition) is 6. The van der Waals surface area contributed by atoms with E-state index < -0.39 is 34.3 Å². The fourth-order valence-corrected chi connectivity index (χ4v) is 3.91. The predicted molar refractivity (Wildman–Crippen MR) is 117 cm³/mol. The van der Waals surface area contributed by atoms with E-state index in [2.05, 4.69) is 23.1 Å². The fourth-order valence-electron chi connectivity index (χ4n) is 3.73. The van der Waals surface area contributed by atoms with Gasteiger partial charge >= 0.3 is 11.4 Å². The van der Waals surface area contributed by atoms with Gasteiger partial charge in [-0.05, 0) is 18.2 Å². The van der Waals surface area contributed by atoms with Crippen molar-refractivity contribution in [2.45, 2.75) is 19.0 Å². The summed E-state index contributed by atoms with van der Waals surface area (Å²) >= 11 is 6.16. The molecule has 3 aromatic rings. The van der Waals surface area contributed by atoms with Gasteiger partial charge < -0.3 is 9.84 Å². The molecule has 0 spiro atoms. The van der Waals surface area contributed by atoms with Gasteiger partial charge in [0.1, 0.15) is 5.75 Å². The maximum absolute atomic E-state index is 13.3. The molecule has 0 saturated carbocycles. The minimum absolute atomic E-state index is 0.0980. The fraction of sp³-hybridized carbons (Fsp3) is 0.143. The summed E-state index contributed by atoms with van der Waals surface area (Å²) in [4.78, 5) is 55.5. The SMILES string of the molecule is C=CCn1c(O)c([C@H]2c3cc(Cl)ccc3Oc3[nH]c(=O)n(CC=C)c(=O)c32)c(=O)[nH]c1=O. The van der Waals surface area contributed by atoms with E-state index in [4.69, 9.17) is 16.3 Å². The molecule has 32 heavy (non-hydrogen) atoms. The van der Waals surface area contributed by atoms with Gasteiger partial charge in [0.05, 0.1) is 17.0 Å². The lowest BCUT2D eigenvalue weighted by molar-refractivity contribution is 0.392. The van der Waals surface area contributed by atoms with Crippen molar-refractivity contribution in [3.05, 3.63) is 107 Å². The summed E-state index contributed by atoms with van der Waals surface area (Å²) in [6, 6.07) is 4.52. The summed E-state index contributed by atoms with van der Waals surface area (Å²) in [5, 5.41) is 11.2. The Balaban J connectivity index is 2.16. The molecule has 0 fully saturated rings. The van der Waals surface area contributed by atoms with Gasteiger partial charge in [0.25, 0.3) is 11.1 Å². The molecule has 1 atom stereocenters. The molecular weight excluding hydrogens is 440 g/mol. The maximum Gasteiger partial charge on any atom is 0.331 e. The first-order valence-corrected chi connectivity index (χ1v) is 9.78. The van der Waals surface area contributed by atoms with Gasteiger partial charge in [-0.25, -0.2) is 9.59 Å². The first kappa shape index (κ1) is 21.2. The Morgan fingerprint density at radius 3 is 2.38 bits per heavy atom. The second-order valence-electron chi connectivity index (χ2n) is 6.99. The van der Waals surface area contributed by atoms with E-state index in [1.54, 1.807) is 0 Å². The van der Waals surface area contributed by atoms with Crippen molar-refractivity contribution in [2.75, 3.05) is 0 Å². The predicted octanol–water partition coefficient (Wildman–Crippen LogP) is 1.40. The lowest BCUT2D eigenvalue weighted by Gasteiger charge is -2.28. The number of ether oxygens (including phenoxy) is 1. The van der Waals surface area contributed by atoms with Crippen LogP contribution in [0.2, 0.25) is 5.02 Å². The second kappa shape index (κ2) is 7.89. The summed E-state index contributed by atoms with van der Waals surface area (Å²) < 4.78 is 7.51. The maximum atomic E-state index is 13.3. The molecule has 3 heterocycles. The van der Waals surface area contributed by atoms with E-state index in [1.165, 1.54) is 30.4 Å². The van der Waals surface area contributed by atoms with Crippen LogP contribution in [0.15, 0.2) is 62.7 Å². The number of aromatic hydroxyl groups is 1. The Morgan fingerprint density at radius 1 is 1.03 bits per heavy atom. The lowest BCUT2D eigenvalue weighted by atomic mass is 9.84. The monoisotopic (exact) mass is 456 g/mol. The average molecular weight is 457 g/mol. The quantitative estimate of drug-likeness (QED) is 0.388. The topological polar surface area (TPSA) is 139 Å². The van der Waals surface area contributed by atoms with Crippen LogP contribution < -0.4 is 27.2 Å². The first-order valence-electron chi connectivity index (χ1n) is 9.40. The zero-order chi connectivity index (χ0) is 23.2. The Labute approximate surface area is 184 Å². The van der Waals surface area contributed by atoms with Crippen LogP contribution in [0.3, 0.4) is 0 Å². The third kappa shape index (κ3) is 3.21. The average Bonchev–Trinajstić information content (AvgIpc) is 2.73. The molecule has 2 aromatic heterocycles. The summed E-state index contributed by atoms with van der Waals surface area (Å²) in [6.07, 6.45) is 2.72. The Hall–Kier alpha value is -4.05. The molecule has 0 unspecified atom stereocenters. The van der Waals surface area contributed by atoms with Crippen LogP contribution in [0.25, 0.3) is 0 Å². The Morgan fingerprint density at radius 2 is 1.69 bits per heavy atom. The molecule has 1 aromatic carbocycles. The zero-order valence-corrected chi connectivity index (χ0v) is 17.3. The van der Waals surface area contributed by atoms with Gasteiger partial charge in [-0.2, -0.15) is 0 Å². The van der Waals surface area contributed by atoms with E-state index in [9.17, 15) is 24.3 Å². The van der Waals surface area contributed by atoms with Crippen LogP contribution in [-0.4, -0.2) is 24.2 Å². The normalized spacial score (nSPS) is 14.2. The lowest BCUT2D eigenvalue weighted by Crippen LogP contribution is -2.41. The van der Waals surface area contributed by atoms with Crippen LogP contribution >= 0.6 is 11.6 Å². The third-order valence-electron chi connectivity index (χ3n) is 5.09. The number of aromatic amines is 2. The summed E-state index contributed by atoms with van der Waals surface area (Å²) in [7, 11) is 0. The van der Waals surface area contributed by atoms with Crippen LogP contribution in [0.5, 0.6) is 17.5 Å². The van der Waals surface area contributed by atoms with Crippen molar-refractivity contribution in [2.24, 2.45) is 0 Å². The summed E-state index contributed by atoms with van der Waals surface area (Å²) in [5.74, 6) is -1.82. The van der Waals surface area contributed by atoms with E-state index in [0.717, 1.165) is 9.13 Å². The third-order valence-corrected chi connectivity index (χ3v) is 5.32. The largest absolute Gasteiger partial charge is 0.494 e. The number of H-pyrrole nitrogens is 2. The minimum atomic E-state index is -1.20. The van der Waals surface area contributed by atoms with E-state index in [0.29, 0.717) is 5.56 Å². The molecular formula is C21H17ClN4O6. The molecule has 0 bridgehead atoms. The number of nitrogens with one attached hydrogen (secondary N) is 2. The number of aromatic nitrogens is 4. The van der Waals surface area contributed by atoms with Gasteiger partial charge in [-0.1, -0.05) is 23.8 Å². The molecule has 0 radical (unpaired) electrons. The van der Waals surface area contributed by atoms with Crippen LogP contribution in [-0.2, 0) is 13.1 Å². The van der Waals surface area contributed by atoms with Gasteiger partial charge in [0.15, 0.2) is 0 Å². The molecule has 0 amide bonds. The Kier molecular flexibility index (Phi) is 5.23. The standard InChI is InChI=1S/C21H17ClN4O6/c1-3-7-25-18(28)14(16(27)23-20(25)30)13-11-9-10(22)5-6-12(11)32-17-15(13)19(29)26(8-4-2)21(31)24-17/h3-6,9,13,28H,1-2,7-8H2,(H,24,31)(H,23,27,30)/t13-/m1/s1. The van der Waals surface area contributed by atoms with E-state index in [-0.39, 0.29) is 40.9 Å². The van der Waals surface area contributed by atoms with Crippen molar-refractivity contribution >= 4 is 11.6 Å². The molecule has 164 valence electrons. The van der Waals surface area contributed by atoms with Gasteiger partial charge in [-0.3, -0.25) is 28.7 Å². The molecule has 3 N–H and O–H groups in total. The number of halogens is 1. The molecule has 1 aliphatic rings. The zero-order valence-electron chi connectivity index (χ0n) is 16.6. The molecule has 10 nitrogen and oxygen atoms in total. The first-order chi connectivity index (χ1) is 15.3. The van der Waals surface area contributed by atoms with Crippen LogP contribution in [0, 0.1) is 0 Å². The highest BCUT2D eigenvalue weighted by molar-refractivity contribution is 6.30. The van der Waals surface area contributed by atoms with Crippen molar-refractivity contribution < 1.29 is 9.84 Å². The minimum Gasteiger partial charge on any atom is -0.494 e. The number of rotatable bonds is 5. The number of fused-ring (bicyclic) bond motifs is 2. The molecule has 11 heteroatoms. The number of hydrogen-bond donors (Lipinski definition) is 3. The highest BCUT2D eigenvalue weighted by atomic mass is 35.5. The van der Waals surface area contributed by atoms with E-state index >= 15 is 0 Å². The van der Waals surface area contributed by atoms with E-state index in [1.807, 2.05) is 0 Å². The Bertz CT molecular complexity index is 1510. The molecule has 0 aliphatic carbocycles. The summed E-state index contributed by atoms with van der Waals surface area (Å²) in [6.45, 7) is 6.88. The van der Waals surface area contributed by atoms with Crippen LogP contribution in [0.4, 0.5) is 0 Å². The number of benzene rings is 1. The molecule has 4 rings (SSSR count). The van der Waals surface area contributed by atoms with Crippen molar-refractivity contribution in [1.82, 2.24) is 19.1 Å². The van der Waals surface area contributed by atoms with Crippen LogP contribution in [0.1, 0.15) is 22.6 Å². The molecule has 0 saturated heterocycles. The number of allylic oxidation sites excluding steroid dienone is 2. The summed E-state index contributed by atoms with van der Waals surface area (Å²) in [5.41, 5.74) is -3.33. The van der Waals surface area contributed by atoms with Gasteiger partial charge in [-0.15, -0.1) is 13.2 Å². The highest BCUT2D eigenvalue weighted by Gasteiger charge is 2.37. The van der Waals surface area contributed by atoms with Crippen molar-refractivity contribution in [3.63, 3.8) is 0 Å². The molecule has 1 aliphatic heterocycles.